The Morgan fingerprint density at radius 1 is 1.29 bits per heavy atom. The Kier molecular flexibility index (Phi) is 3.09. The van der Waals surface area contributed by atoms with Crippen molar-refractivity contribution in [3.63, 3.8) is 0 Å². The second-order valence-corrected chi connectivity index (χ2v) is 4.88. The summed E-state index contributed by atoms with van der Waals surface area (Å²) in [6.45, 7) is 4.58. The van der Waals surface area contributed by atoms with Crippen molar-refractivity contribution in [1.82, 2.24) is 4.90 Å². The van der Waals surface area contributed by atoms with E-state index in [1.165, 1.54) is 38.5 Å². The molecule has 0 bridgehead atoms. The fraction of sp³-hybridized carbons (Fsp3) is 0.917. The summed E-state index contributed by atoms with van der Waals surface area (Å²) in [6, 6.07) is 0. The van der Waals surface area contributed by atoms with Crippen molar-refractivity contribution >= 4 is 5.84 Å². The van der Waals surface area contributed by atoms with E-state index in [0.717, 1.165) is 24.8 Å². The van der Waals surface area contributed by atoms with Gasteiger partial charge >= 0.3 is 0 Å². The summed E-state index contributed by atoms with van der Waals surface area (Å²) in [7, 11) is 0. The zero-order chi connectivity index (χ0) is 9.97. The van der Waals surface area contributed by atoms with E-state index in [9.17, 15) is 0 Å². The largest absolute Gasteiger partial charge is 0.360 e. The number of rotatable bonds is 2. The maximum Gasteiger partial charge on any atom is 0.0989 e. The molecular weight excluding hydrogens is 172 g/mol. The van der Waals surface area contributed by atoms with Gasteiger partial charge in [0.25, 0.3) is 0 Å². The zero-order valence-electron chi connectivity index (χ0n) is 9.26. The highest BCUT2D eigenvalue weighted by molar-refractivity contribution is 5.82. The van der Waals surface area contributed by atoms with Gasteiger partial charge in [0.15, 0.2) is 0 Å². The predicted molar refractivity (Wildman–Crippen MR) is 59.7 cm³/mol. The van der Waals surface area contributed by atoms with E-state index in [4.69, 9.17) is 5.41 Å². The molecule has 0 radical (unpaired) electrons. The lowest BCUT2D eigenvalue weighted by molar-refractivity contribution is 0.440. The van der Waals surface area contributed by atoms with E-state index in [1.807, 2.05) is 0 Å². The minimum Gasteiger partial charge on any atom is -0.360 e. The van der Waals surface area contributed by atoms with Crippen molar-refractivity contribution in [2.24, 2.45) is 11.8 Å². The minimum atomic E-state index is 0.602. The summed E-state index contributed by atoms with van der Waals surface area (Å²) < 4.78 is 0. The first kappa shape index (κ1) is 10.0. The van der Waals surface area contributed by atoms with Crippen molar-refractivity contribution in [3.05, 3.63) is 0 Å². The summed E-state index contributed by atoms with van der Waals surface area (Å²) in [5.41, 5.74) is 0. The van der Waals surface area contributed by atoms with E-state index in [2.05, 4.69) is 11.8 Å². The highest BCUT2D eigenvalue weighted by atomic mass is 15.2. The van der Waals surface area contributed by atoms with Crippen molar-refractivity contribution < 1.29 is 0 Å². The number of hydrogen-bond acceptors (Lipinski definition) is 1. The Balaban J connectivity index is 1.86. The molecule has 0 aromatic rings. The lowest BCUT2D eigenvalue weighted by Crippen LogP contribution is -2.32. The van der Waals surface area contributed by atoms with Crippen LogP contribution in [0.2, 0.25) is 0 Å². The molecular formula is C12H22N2. The maximum absolute atomic E-state index is 8.17. The van der Waals surface area contributed by atoms with Crippen LogP contribution in [0.3, 0.4) is 0 Å². The normalized spacial score (nSPS) is 28.6. The standard InChI is InChI=1S/C12H22N2/c1-2-10-7-8-14(9-10)12(13)11-5-3-4-6-11/h10-11,13H,2-9H2,1H3. The van der Waals surface area contributed by atoms with Crippen LogP contribution in [-0.2, 0) is 0 Å². The van der Waals surface area contributed by atoms with Crippen LogP contribution in [0.1, 0.15) is 45.4 Å². The third-order valence-electron chi connectivity index (χ3n) is 3.95. The number of nitrogens with one attached hydrogen (secondary N) is 1. The van der Waals surface area contributed by atoms with Gasteiger partial charge in [-0.3, -0.25) is 5.41 Å². The zero-order valence-corrected chi connectivity index (χ0v) is 9.26. The van der Waals surface area contributed by atoms with E-state index in [1.54, 1.807) is 0 Å². The van der Waals surface area contributed by atoms with Crippen molar-refractivity contribution in [2.75, 3.05) is 13.1 Å². The van der Waals surface area contributed by atoms with Crippen molar-refractivity contribution in [2.45, 2.75) is 45.4 Å². The molecule has 1 unspecified atom stereocenters. The molecule has 1 aliphatic heterocycles. The molecule has 80 valence electrons. The van der Waals surface area contributed by atoms with Crippen LogP contribution < -0.4 is 0 Å². The molecule has 0 aromatic heterocycles. The molecule has 2 heteroatoms. The molecule has 14 heavy (non-hydrogen) atoms. The van der Waals surface area contributed by atoms with Crippen molar-refractivity contribution in [3.8, 4) is 0 Å². The average molecular weight is 194 g/mol. The van der Waals surface area contributed by atoms with Gasteiger partial charge in [-0.1, -0.05) is 26.2 Å². The lowest BCUT2D eigenvalue weighted by atomic mass is 10.1. The van der Waals surface area contributed by atoms with Crippen LogP contribution in [0.4, 0.5) is 0 Å². The van der Waals surface area contributed by atoms with Crippen LogP contribution in [0.5, 0.6) is 0 Å². The molecule has 2 rings (SSSR count). The summed E-state index contributed by atoms with van der Waals surface area (Å²) >= 11 is 0. The Morgan fingerprint density at radius 3 is 2.57 bits per heavy atom. The Hall–Kier alpha value is -0.530. The maximum atomic E-state index is 8.17. The number of amidine groups is 1. The predicted octanol–water partition coefficient (Wildman–Crippen LogP) is 2.89. The van der Waals surface area contributed by atoms with Crippen LogP contribution in [0, 0.1) is 17.2 Å². The Morgan fingerprint density at radius 2 is 2.00 bits per heavy atom. The Bertz CT molecular complexity index is 206. The summed E-state index contributed by atoms with van der Waals surface area (Å²) in [4.78, 5) is 2.34. The molecule has 1 saturated heterocycles. The molecule has 1 saturated carbocycles. The van der Waals surface area contributed by atoms with Gasteiger partial charge in [-0.2, -0.15) is 0 Å². The molecule has 0 spiro atoms. The van der Waals surface area contributed by atoms with Crippen LogP contribution in [0.25, 0.3) is 0 Å². The van der Waals surface area contributed by atoms with Gasteiger partial charge in [0.05, 0.1) is 5.84 Å². The van der Waals surface area contributed by atoms with E-state index >= 15 is 0 Å². The fourth-order valence-electron chi connectivity index (χ4n) is 2.84. The molecule has 2 aliphatic rings. The molecule has 2 fully saturated rings. The number of nitrogens with zero attached hydrogens (tertiary/aromatic N) is 1. The van der Waals surface area contributed by atoms with E-state index in [0.29, 0.717) is 5.92 Å². The molecule has 1 N–H and O–H groups in total. The van der Waals surface area contributed by atoms with Gasteiger partial charge in [0.2, 0.25) is 0 Å². The van der Waals surface area contributed by atoms with Gasteiger partial charge in [0, 0.05) is 19.0 Å². The Labute approximate surface area is 87.2 Å². The minimum absolute atomic E-state index is 0.602. The average Bonchev–Trinajstić information content (AvgIpc) is 2.88. The quantitative estimate of drug-likeness (QED) is 0.531. The van der Waals surface area contributed by atoms with Gasteiger partial charge in [-0.15, -0.1) is 0 Å². The third-order valence-corrected chi connectivity index (χ3v) is 3.95. The van der Waals surface area contributed by atoms with Gasteiger partial charge in [-0.25, -0.2) is 0 Å². The topological polar surface area (TPSA) is 27.1 Å². The highest BCUT2D eigenvalue weighted by Crippen LogP contribution is 2.29. The van der Waals surface area contributed by atoms with Gasteiger partial charge < -0.3 is 4.90 Å². The number of hydrogen-bond donors (Lipinski definition) is 1. The molecule has 1 aliphatic carbocycles. The first-order chi connectivity index (χ1) is 6.81. The second kappa shape index (κ2) is 4.33. The van der Waals surface area contributed by atoms with E-state index in [-0.39, 0.29) is 0 Å². The molecule has 1 atom stereocenters. The number of likely N-dealkylation sites (tertiary alicyclic amines) is 1. The van der Waals surface area contributed by atoms with E-state index < -0.39 is 0 Å². The lowest BCUT2D eigenvalue weighted by Gasteiger charge is -2.23. The first-order valence-corrected chi connectivity index (χ1v) is 6.14. The smallest absolute Gasteiger partial charge is 0.0989 e. The SMILES string of the molecule is CCC1CCN(C(=N)C2CCCC2)C1. The second-order valence-electron chi connectivity index (χ2n) is 4.88. The van der Waals surface area contributed by atoms with Gasteiger partial charge in [-0.05, 0) is 25.2 Å². The van der Waals surface area contributed by atoms with Crippen LogP contribution in [-0.4, -0.2) is 23.8 Å². The monoisotopic (exact) mass is 194 g/mol. The highest BCUT2D eigenvalue weighted by Gasteiger charge is 2.28. The first-order valence-electron chi connectivity index (χ1n) is 6.14. The van der Waals surface area contributed by atoms with Crippen LogP contribution >= 0.6 is 0 Å². The summed E-state index contributed by atoms with van der Waals surface area (Å²) in [5.74, 6) is 2.42. The molecule has 0 aromatic carbocycles. The molecule has 2 nitrogen and oxygen atoms in total. The van der Waals surface area contributed by atoms with Crippen LogP contribution in [0.15, 0.2) is 0 Å². The third kappa shape index (κ3) is 1.94. The fourth-order valence-corrected chi connectivity index (χ4v) is 2.84. The summed E-state index contributed by atoms with van der Waals surface area (Å²) in [6.07, 6.45) is 7.83. The van der Waals surface area contributed by atoms with Gasteiger partial charge in [0.1, 0.15) is 0 Å². The summed E-state index contributed by atoms with van der Waals surface area (Å²) in [5, 5.41) is 8.17. The molecule has 0 amide bonds. The van der Waals surface area contributed by atoms with Crippen molar-refractivity contribution in [1.29, 1.82) is 5.41 Å². The molecule has 1 heterocycles.